The second kappa shape index (κ2) is 5.16. The number of allylic oxidation sites excluding steroid dienone is 5. The summed E-state index contributed by atoms with van der Waals surface area (Å²) in [5.74, 6) is 0.155. The van der Waals surface area contributed by atoms with Crippen LogP contribution in [-0.4, -0.2) is 23.7 Å². The largest absolute Gasteiger partial charge is 0.499 e. The molecule has 2 heterocycles. The smallest absolute Gasteiger partial charge is 0.198 e. The molecule has 0 unspecified atom stereocenters. The molecule has 1 aliphatic carbocycles. The van der Waals surface area contributed by atoms with Crippen LogP contribution in [0.15, 0.2) is 50.1 Å². The van der Waals surface area contributed by atoms with Crippen molar-refractivity contribution in [1.29, 1.82) is 0 Å². The van der Waals surface area contributed by atoms with E-state index >= 15 is 0 Å². The van der Waals surface area contributed by atoms with Crippen molar-refractivity contribution in [2.75, 3.05) is 7.11 Å². The summed E-state index contributed by atoms with van der Waals surface area (Å²) in [5.41, 5.74) is 3.19. The molecule has 1 aliphatic heterocycles. The fourth-order valence-corrected chi connectivity index (χ4v) is 3.38. The number of carbonyl (C=O) groups excluding carboxylic acids is 1. The summed E-state index contributed by atoms with van der Waals surface area (Å²) in [7, 11) is 1.49. The topological polar surface area (TPSA) is 58.9 Å². The molecule has 6 heteroatoms. The fourth-order valence-electron chi connectivity index (χ4n) is 2.46. The van der Waals surface area contributed by atoms with Gasteiger partial charge in [-0.3, -0.25) is 9.79 Å². The van der Waals surface area contributed by atoms with Gasteiger partial charge in [0.1, 0.15) is 5.76 Å². The molecule has 0 radical (unpaired) electrons. The van der Waals surface area contributed by atoms with Crippen LogP contribution in [0.1, 0.15) is 23.7 Å². The highest BCUT2D eigenvalue weighted by molar-refractivity contribution is 7.12. The third-order valence-electron chi connectivity index (χ3n) is 3.32. The van der Waals surface area contributed by atoms with Crippen LogP contribution in [0.5, 0.6) is 5.06 Å². The molecule has 1 aromatic rings. The number of ketones is 1. The standard InChI is InChI=1S/C15H12ClNO3S/c1-7-3-9-11(17-7)5-10(16)15(20-2)13(9)14(19)8-4-12(18)21-6-8/h3-4,6,18H,5H2,1-2H3. The average Bonchev–Trinajstić information content (AvgIpc) is 3.01. The number of hydrogen-bond acceptors (Lipinski definition) is 5. The number of nitrogens with zero attached hydrogens (tertiary/aromatic N) is 1. The number of aliphatic imine (C=N–C) groups is 1. The highest BCUT2D eigenvalue weighted by Gasteiger charge is 2.32. The van der Waals surface area contributed by atoms with Crippen molar-refractivity contribution in [2.24, 2.45) is 4.99 Å². The summed E-state index contributed by atoms with van der Waals surface area (Å²) in [5, 5.41) is 11.6. The minimum absolute atomic E-state index is 0.0980. The number of halogens is 1. The van der Waals surface area contributed by atoms with E-state index in [0.29, 0.717) is 28.3 Å². The third kappa shape index (κ3) is 2.32. The molecule has 21 heavy (non-hydrogen) atoms. The lowest BCUT2D eigenvalue weighted by Gasteiger charge is -2.20. The monoisotopic (exact) mass is 321 g/mol. The van der Waals surface area contributed by atoms with Crippen molar-refractivity contribution >= 4 is 34.4 Å². The van der Waals surface area contributed by atoms with E-state index in [1.807, 2.05) is 13.0 Å². The van der Waals surface area contributed by atoms with Gasteiger partial charge in [-0.25, -0.2) is 0 Å². The van der Waals surface area contributed by atoms with Crippen LogP contribution in [0.2, 0.25) is 0 Å². The van der Waals surface area contributed by atoms with Gasteiger partial charge in [0.2, 0.25) is 0 Å². The molecule has 0 bridgehead atoms. The first-order valence-corrected chi connectivity index (χ1v) is 7.52. The number of Topliss-reactive ketones (excluding diaryl/α,β-unsaturated/α-hetero) is 1. The van der Waals surface area contributed by atoms with Gasteiger partial charge in [0.05, 0.1) is 23.4 Å². The van der Waals surface area contributed by atoms with Crippen molar-refractivity contribution in [3.8, 4) is 5.06 Å². The van der Waals surface area contributed by atoms with Gasteiger partial charge in [-0.05, 0) is 13.0 Å². The quantitative estimate of drug-likeness (QED) is 0.862. The second-order valence-corrected chi connectivity index (χ2v) is 6.10. The molecule has 4 nitrogen and oxygen atoms in total. The fraction of sp³-hybridized carbons (Fsp3) is 0.200. The molecule has 2 aliphatic rings. The summed E-state index contributed by atoms with van der Waals surface area (Å²) in [6.07, 6.45) is 2.32. The molecule has 0 atom stereocenters. The van der Waals surface area contributed by atoms with Crippen LogP contribution in [0.3, 0.4) is 0 Å². The van der Waals surface area contributed by atoms with Crippen LogP contribution in [0.25, 0.3) is 0 Å². The first-order valence-electron chi connectivity index (χ1n) is 6.27. The number of carbonyl (C=O) groups is 1. The Hall–Kier alpha value is -1.85. The average molecular weight is 322 g/mol. The molecule has 0 fully saturated rings. The number of thiophene rings is 1. The van der Waals surface area contributed by atoms with Gasteiger partial charge in [-0.15, -0.1) is 11.3 Å². The van der Waals surface area contributed by atoms with E-state index in [2.05, 4.69) is 4.99 Å². The maximum atomic E-state index is 12.8. The van der Waals surface area contributed by atoms with E-state index in [4.69, 9.17) is 16.3 Å². The van der Waals surface area contributed by atoms with Gasteiger partial charge in [0.15, 0.2) is 10.8 Å². The molecule has 0 amide bonds. The van der Waals surface area contributed by atoms with Crippen molar-refractivity contribution in [2.45, 2.75) is 13.3 Å². The Kier molecular flexibility index (Phi) is 3.47. The predicted molar refractivity (Wildman–Crippen MR) is 83.0 cm³/mol. The lowest BCUT2D eigenvalue weighted by atomic mass is 9.90. The van der Waals surface area contributed by atoms with Gasteiger partial charge in [-0.1, -0.05) is 11.6 Å². The zero-order valence-electron chi connectivity index (χ0n) is 11.4. The summed E-state index contributed by atoms with van der Waals surface area (Å²) < 4.78 is 5.33. The maximum Gasteiger partial charge on any atom is 0.198 e. The Morgan fingerprint density at radius 1 is 1.52 bits per heavy atom. The van der Waals surface area contributed by atoms with Crippen LogP contribution in [0, 0.1) is 0 Å². The van der Waals surface area contributed by atoms with E-state index in [9.17, 15) is 9.90 Å². The van der Waals surface area contributed by atoms with Crippen LogP contribution >= 0.6 is 22.9 Å². The Bertz CT molecular complexity index is 768. The van der Waals surface area contributed by atoms with Gasteiger partial charge < -0.3 is 9.84 Å². The van der Waals surface area contributed by atoms with Crippen LogP contribution in [-0.2, 0) is 4.74 Å². The van der Waals surface area contributed by atoms with E-state index in [1.54, 1.807) is 5.38 Å². The summed E-state index contributed by atoms with van der Waals surface area (Å²) in [4.78, 5) is 17.2. The van der Waals surface area contributed by atoms with E-state index in [0.717, 1.165) is 28.3 Å². The van der Waals surface area contributed by atoms with Gasteiger partial charge in [0.25, 0.3) is 0 Å². The number of hydrogen-bond donors (Lipinski definition) is 1. The minimum Gasteiger partial charge on any atom is -0.499 e. The third-order valence-corrected chi connectivity index (χ3v) is 4.36. The molecule has 3 rings (SSSR count). The van der Waals surface area contributed by atoms with Crippen molar-refractivity contribution in [1.82, 2.24) is 0 Å². The first kappa shape index (κ1) is 14.1. The minimum atomic E-state index is -0.227. The van der Waals surface area contributed by atoms with E-state index in [-0.39, 0.29) is 10.8 Å². The Labute approximate surface area is 130 Å². The van der Waals surface area contributed by atoms with E-state index in [1.165, 1.54) is 13.2 Å². The highest BCUT2D eigenvalue weighted by atomic mass is 35.5. The Morgan fingerprint density at radius 2 is 2.29 bits per heavy atom. The Balaban J connectivity index is 2.17. The molecule has 0 saturated heterocycles. The lowest BCUT2D eigenvalue weighted by molar-refractivity contribution is 0.102. The van der Waals surface area contributed by atoms with Crippen LogP contribution in [0.4, 0.5) is 0 Å². The molecular formula is C15H12ClNO3S. The van der Waals surface area contributed by atoms with Crippen molar-refractivity contribution in [3.63, 3.8) is 0 Å². The number of ether oxygens (including phenoxy) is 1. The van der Waals surface area contributed by atoms with E-state index < -0.39 is 0 Å². The molecule has 1 N–H and O–H groups in total. The molecule has 0 aromatic carbocycles. The molecular weight excluding hydrogens is 310 g/mol. The first-order chi connectivity index (χ1) is 10.0. The summed E-state index contributed by atoms with van der Waals surface area (Å²) in [6, 6.07) is 1.44. The summed E-state index contributed by atoms with van der Waals surface area (Å²) >= 11 is 7.35. The molecule has 108 valence electrons. The van der Waals surface area contributed by atoms with Crippen molar-refractivity contribution in [3.05, 3.63) is 50.7 Å². The SMILES string of the molecule is COC1=C(Cl)CC2=NC(C)=CC2=C1C(=O)c1csc(O)c1. The van der Waals surface area contributed by atoms with Gasteiger partial charge >= 0.3 is 0 Å². The van der Waals surface area contributed by atoms with Gasteiger partial charge in [0, 0.05) is 34.7 Å². The molecule has 1 aromatic heterocycles. The lowest BCUT2D eigenvalue weighted by Crippen LogP contribution is -2.18. The highest BCUT2D eigenvalue weighted by Crippen LogP contribution is 2.38. The Morgan fingerprint density at radius 3 is 2.90 bits per heavy atom. The molecule has 0 saturated carbocycles. The molecule has 0 spiro atoms. The number of methoxy groups -OCH3 is 1. The van der Waals surface area contributed by atoms with Crippen molar-refractivity contribution < 1.29 is 14.6 Å². The zero-order valence-corrected chi connectivity index (χ0v) is 13.0. The summed E-state index contributed by atoms with van der Waals surface area (Å²) in [6.45, 7) is 1.87. The number of aromatic hydroxyl groups is 1. The predicted octanol–water partition coefficient (Wildman–Crippen LogP) is 3.79. The van der Waals surface area contributed by atoms with Gasteiger partial charge in [-0.2, -0.15) is 0 Å². The zero-order chi connectivity index (χ0) is 15.1. The maximum absolute atomic E-state index is 12.8. The normalized spacial score (nSPS) is 17.7. The number of fused-ring (bicyclic) bond motifs is 1. The van der Waals surface area contributed by atoms with Crippen LogP contribution < -0.4 is 0 Å². The second-order valence-electron chi connectivity index (χ2n) is 4.75. The number of rotatable bonds is 3.